The summed E-state index contributed by atoms with van der Waals surface area (Å²) in [5.74, 6) is -1.79. The van der Waals surface area contributed by atoms with Gasteiger partial charge in [-0.25, -0.2) is 0 Å². The summed E-state index contributed by atoms with van der Waals surface area (Å²) in [6.45, 7) is 2.68. The summed E-state index contributed by atoms with van der Waals surface area (Å²) < 4.78 is 5.49. The molecule has 1 heterocycles. The number of ether oxygens (including phenoxy) is 1. The van der Waals surface area contributed by atoms with Gasteiger partial charge in [0.05, 0.1) is 18.2 Å². The van der Waals surface area contributed by atoms with E-state index in [1.54, 1.807) is 54.6 Å². The maximum atomic E-state index is 13.0. The Hall–Kier alpha value is -3.61. The molecule has 0 spiro atoms. The standard InChI is InChI=1S/C25H27NO6/c1-2-32-19-14-12-17(13-15-19)22-21(23(29)18-9-5-3-6-10-18)24(30)25(31)26(22)16-8-4-7-11-20(27)28/h3,5-6,9-10,12-15,22,29H,2,4,7-8,11,16H2,1H3,(H,27,28)/t22-/m0/s1. The quantitative estimate of drug-likeness (QED) is 0.250. The third kappa shape index (κ3) is 5.17. The van der Waals surface area contributed by atoms with Gasteiger partial charge in [-0.2, -0.15) is 0 Å². The highest BCUT2D eigenvalue weighted by Gasteiger charge is 2.45. The van der Waals surface area contributed by atoms with Crippen LogP contribution in [0.2, 0.25) is 0 Å². The summed E-state index contributed by atoms with van der Waals surface area (Å²) in [4.78, 5) is 38.0. The van der Waals surface area contributed by atoms with Crippen LogP contribution in [0.15, 0.2) is 60.2 Å². The first-order chi connectivity index (χ1) is 15.4. The number of aliphatic hydroxyl groups is 1. The van der Waals surface area contributed by atoms with Gasteiger partial charge >= 0.3 is 5.97 Å². The molecule has 1 amide bonds. The topological polar surface area (TPSA) is 104 Å². The SMILES string of the molecule is CCOc1ccc([C@H]2C(=C(O)c3ccccc3)C(=O)C(=O)N2CCCCCC(=O)O)cc1. The molecule has 0 bridgehead atoms. The van der Waals surface area contributed by atoms with Gasteiger partial charge in [-0.1, -0.05) is 48.9 Å². The van der Waals surface area contributed by atoms with Crippen molar-refractivity contribution < 1.29 is 29.3 Å². The van der Waals surface area contributed by atoms with Gasteiger partial charge < -0.3 is 19.8 Å². The minimum atomic E-state index is -0.859. The van der Waals surface area contributed by atoms with E-state index >= 15 is 0 Å². The molecule has 2 aromatic carbocycles. The van der Waals surface area contributed by atoms with Gasteiger partial charge in [0.15, 0.2) is 0 Å². The van der Waals surface area contributed by atoms with Crippen LogP contribution >= 0.6 is 0 Å². The first-order valence-corrected chi connectivity index (χ1v) is 10.7. The second-order valence-corrected chi connectivity index (χ2v) is 7.56. The number of rotatable bonds is 10. The molecule has 0 unspecified atom stereocenters. The highest BCUT2D eigenvalue weighted by Crippen LogP contribution is 2.40. The van der Waals surface area contributed by atoms with E-state index in [1.807, 2.05) is 6.92 Å². The highest BCUT2D eigenvalue weighted by molar-refractivity contribution is 6.46. The van der Waals surface area contributed by atoms with Gasteiger partial charge in [-0.05, 0) is 37.5 Å². The number of carbonyl (C=O) groups excluding carboxylic acids is 2. The number of unbranched alkanes of at least 4 members (excludes halogenated alkanes) is 2. The number of likely N-dealkylation sites (tertiary alicyclic amines) is 1. The fourth-order valence-electron chi connectivity index (χ4n) is 3.86. The fourth-order valence-corrected chi connectivity index (χ4v) is 3.86. The molecule has 3 rings (SSSR count). The number of carboxylic acids is 1. The Morgan fingerprint density at radius 3 is 2.28 bits per heavy atom. The van der Waals surface area contributed by atoms with Crippen molar-refractivity contribution >= 4 is 23.4 Å². The molecule has 1 atom stereocenters. The van der Waals surface area contributed by atoms with Crippen LogP contribution in [0.25, 0.3) is 5.76 Å². The Bertz CT molecular complexity index is 997. The first kappa shape index (κ1) is 23.1. The smallest absolute Gasteiger partial charge is 0.303 e. The number of aliphatic carboxylic acids is 1. The summed E-state index contributed by atoms with van der Waals surface area (Å²) in [7, 11) is 0. The average molecular weight is 437 g/mol. The van der Waals surface area contributed by atoms with Crippen LogP contribution in [-0.2, 0) is 14.4 Å². The Morgan fingerprint density at radius 2 is 1.66 bits per heavy atom. The Kier molecular flexibility index (Phi) is 7.65. The van der Waals surface area contributed by atoms with E-state index < -0.39 is 23.7 Å². The van der Waals surface area contributed by atoms with E-state index in [-0.39, 0.29) is 24.3 Å². The third-order valence-corrected chi connectivity index (χ3v) is 5.38. The molecule has 7 nitrogen and oxygen atoms in total. The number of benzene rings is 2. The molecule has 1 fully saturated rings. The van der Waals surface area contributed by atoms with Crippen molar-refractivity contribution in [2.75, 3.05) is 13.2 Å². The lowest BCUT2D eigenvalue weighted by atomic mass is 9.95. The number of carbonyl (C=O) groups is 3. The minimum Gasteiger partial charge on any atom is -0.507 e. The van der Waals surface area contributed by atoms with E-state index in [0.29, 0.717) is 42.7 Å². The van der Waals surface area contributed by atoms with Gasteiger partial charge in [-0.15, -0.1) is 0 Å². The van der Waals surface area contributed by atoms with Crippen molar-refractivity contribution in [2.24, 2.45) is 0 Å². The van der Waals surface area contributed by atoms with Gasteiger partial charge in [0, 0.05) is 18.5 Å². The number of ketones is 1. The van der Waals surface area contributed by atoms with Crippen molar-refractivity contribution in [2.45, 2.75) is 38.6 Å². The second-order valence-electron chi connectivity index (χ2n) is 7.56. The van der Waals surface area contributed by atoms with Crippen LogP contribution < -0.4 is 4.74 Å². The molecule has 1 aliphatic rings. The fraction of sp³-hybridized carbons (Fsp3) is 0.320. The van der Waals surface area contributed by atoms with E-state index in [2.05, 4.69) is 0 Å². The van der Waals surface area contributed by atoms with E-state index in [1.165, 1.54) is 4.90 Å². The van der Waals surface area contributed by atoms with E-state index in [4.69, 9.17) is 9.84 Å². The third-order valence-electron chi connectivity index (χ3n) is 5.38. The van der Waals surface area contributed by atoms with Crippen LogP contribution in [0.4, 0.5) is 0 Å². The minimum absolute atomic E-state index is 0.0518. The van der Waals surface area contributed by atoms with Gasteiger partial charge in [0.25, 0.3) is 11.7 Å². The average Bonchev–Trinajstić information content (AvgIpc) is 3.04. The van der Waals surface area contributed by atoms with E-state index in [9.17, 15) is 19.5 Å². The molecule has 0 aliphatic carbocycles. The number of carboxylic acid groups (broad SMARTS) is 1. The Morgan fingerprint density at radius 1 is 0.969 bits per heavy atom. The summed E-state index contributed by atoms with van der Waals surface area (Å²) in [6, 6.07) is 15.1. The lowest BCUT2D eigenvalue weighted by Crippen LogP contribution is -2.30. The lowest BCUT2D eigenvalue weighted by molar-refractivity contribution is -0.140. The molecule has 168 valence electrons. The second kappa shape index (κ2) is 10.6. The summed E-state index contributed by atoms with van der Waals surface area (Å²) >= 11 is 0. The van der Waals surface area contributed by atoms with Crippen LogP contribution in [0, 0.1) is 0 Å². The van der Waals surface area contributed by atoms with Gasteiger partial charge in [0.2, 0.25) is 0 Å². The van der Waals surface area contributed by atoms with Crippen molar-refractivity contribution in [1.29, 1.82) is 0 Å². The number of Topliss-reactive ketones (excluding diaryl/α,β-unsaturated/α-hetero) is 1. The molecule has 1 aliphatic heterocycles. The first-order valence-electron chi connectivity index (χ1n) is 10.7. The van der Waals surface area contributed by atoms with Crippen molar-refractivity contribution in [1.82, 2.24) is 4.90 Å². The van der Waals surface area contributed by atoms with Crippen LogP contribution in [-0.4, -0.2) is 45.9 Å². The van der Waals surface area contributed by atoms with E-state index in [0.717, 1.165) is 0 Å². The molecule has 0 radical (unpaired) electrons. The van der Waals surface area contributed by atoms with Crippen LogP contribution in [0.1, 0.15) is 49.8 Å². The number of hydrogen-bond acceptors (Lipinski definition) is 5. The maximum absolute atomic E-state index is 13.0. The molecule has 0 aromatic heterocycles. The normalized spacial score (nSPS) is 17.5. The van der Waals surface area contributed by atoms with Crippen LogP contribution in [0.3, 0.4) is 0 Å². The number of aliphatic hydroxyl groups excluding tert-OH is 1. The zero-order chi connectivity index (χ0) is 23.1. The molecular formula is C25H27NO6. The summed E-state index contributed by atoms with van der Waals surface area (Å²) in [5, 5.41) is 19.8. The molecule has 32 heavy (non-hydrogen) atoms. The molecule has 2 N–H and O–H groups in total. The largest absolute Gasteiger partial charge is 0.507 e. The number of hydrogen-bond donors (Lipinski definition) is 2. The number of amides is 1. The molecule has 0 saturated carbocycles. The van der Waals surface area contributed by atoms with Crippen molar-refractivity contribution in [3.05, 3.63) is 71.3 Å². The predicted octanol–water partition coefficient (Wildman–Crippen LogP) is 4.15. The highest BCUT2D eigenvalue weighted by atomic mass is 16.5. The van der Waals surface area contributed by atoms with Gasteiger partial charge in [-0.3, -0.25) is 14.4 Å². The Labute approximate surface area is 186 Å². The molecule has 1 saturated heterocycles. The zero-order valence-electron chi connectivity index (χ0n) is 18.0. The Balaban J connectivity index is 1.95. The molecule has 2 aromatic rings. The maximum Gasteiger partial charge on any atom is 0.303 e. The summed E-state index contributed by atoms with van der Waals surface area (Å²) in [6.07, 6.45) is 1.73. The number of nitrogens with zero attached hydrogens (tertiary/aromatic N) is 1. The predicted molar refractivity (Wildman–Crippen MR) is 119 cm³/mol. The summed E-state index contributed by atoms with van der Waals surface area (Å²) in [5.41, 5.74) is 1.20. The van der Waals surface area contributed by atoms with Crippen LogP contribution in [0.5, 0.6) is 5.75 Å². The zero-order valence-corrected chi connectivity index (χ0v) is 18.0. The van der Waals surface area contributed by atoms with Crippen molar-refractivity contribution in [3.8, 4) is 5.75 Å². The lowest BCUT2D eigenvalue weighted by Gasteiger charge is -2.25. The van der Waals surface area contributed by atoms with Crippen molar-refractivity contribution in [3.63, 3.8) is 0 Å². The molecule has 7 heteroatoms. The monoisotopic (exact) mass is 437 g/mol. The van der Waals surface area contributed by atoms with Gasteiger partial charge in [0.1, 0.15) is 11.5 Å². The molecular weight excluding hydrogens is 410 g/mol.